The molecule has 72 heavy (non-hydrogen) atoms. The molecular formula is C48H80O21Si3. The Hall–Kier alpha value is -3.62. The van der Waals surface area contributed by atoms with E-state index in [4.69, 9.17) is 77.7 Å². The highest BCUT2D eigenvalue weighted by Crippen LogP contribution is 2.30. The van der Waals surface area contributed by atoms with Crippen molar-refractivity contribution in [1.29, 1.82) is 0 Å². The molecule has 21 nitrogen and oxygen atoms in total. The molecule has 410 valence electrons. The lowest BCUT2D eigenvalue weighted by Crippen LogP contribution is -2.42. The van der Waals surface area contributed by atoms with Gasteiger partial charge in [0.05, 0.1) is 34.0 Å². The van der Waals surface area contributed by atoms with Crippen LogP contribution in [0.25, 0.3) is 12.2 Å². The molecule has 2 rings (SSSR count). The lowest BCUT2D eigenvalue weighted by molar-refractivity contribution is -0.110. The lowest BCUT2D eigenvalue weighted by atomic mass is 10.1. The summed E-state index contributed by atoms with van der Waals surface area (Å²) in [4.78, 5) is 13.4. The first kappa shape index (κ1) is 64.5. The van der Waals surface area contributed by atoms with Crippen molar-refractivity contribution in [3.8, 4) is 23.0 Å². The van der Waals surface area contributed by atoms with Crippen LogP contribution in [0.3, 0.4) is 0 Å². The van der Waals surface area contributed by atoms with Crippen LogP contribution in [0.2, 0.25) is 18.1 Å². The highest BCUT2D eigenvalue weighted by atomic mass is 28.4. The summed E-state index contributed by atoms with van der Waals surface area (Å²) in [5, 5.41) is 31.7. The third-order valence-corrected chi connectivity index (χ3v) is 19.4. The van der Waals surface area contributed by atoms with Crippen LogP contribution in [0.1, 0.15) is 30.4 Å². The first-order valence-corrected chi connectivity index (χ1v) is 29.1. The van der Waals surface area contributed by atoms with E-state index in [1.54, 1.807) is 119 Å². The van der Waals surface area contributed by atoms with Crippen molar-refractivity contribution in [3.05, 3.63) is 71.5 Å². The Labute approximate surface area is 428 Å². The fourth-order valence-electron chi connectivity index (χ4n) is 6.70. The first-order valence-electron chi connectivity index (χ1n) is 23.3. The van der Waals surface area contributed by atoms with Gasteiger partial charge in [-0.15, -0.1) is 0 Å². The number of hydrogen-bond donors (Lipinski definition) is 3. The number of aliphatic hydroxyl groups excluding tert-OH is 3. The van der Waals surface area contributed by atoms with Gasteiger partial charge in [0, 0.05) is 108 Å². The number of allylic oxidation sites excluding steroid dienone is 3. The second kappa shape index (κ2) is 36.3. The summed E-state index contributed by atoms with van der Waals surface area (Å²) < 4.78 is 94.6. The molecule has 0 aliphatic rings. The Morgan fingerprint density at radius 2 is 0.819 bits per heavy atom. The summed E-state index contributed by atoms with van der Waals surface area (Å²) in [6.45, 7) is 0.871. The number of hydrogen-bond acceptors (Lipinski definition) is 21. The Kier molecular flexibility index (Phi) is 32.6. The van der Waals surface area contributed by atoms with Gasteiger partial charge in [0.25, 0.3) is 0 Å². The predicted molar refractivity (Wildman–Crippen MR) is 273 cm³/mol. The normalized spacial score (nSPS) is 13.9. The maximum absolute atomic E-state index is 13.4. The van der Waals surface area contributed by atoms with E-state index in [1.807, 2.05) is 0 Å². The van der Waals surface area contributed by atoms with Gasteiger partial charge in [-0.1, -0.05) is 24.3 Å². The van der Waals surface area contributed by atoms with E-state index >= 15 is 0 Å². The average Bonchev–Trinajstić information content (AvgIpc) is 3.41. The van der Waals surface area contributed by atoms with Gasteiger partial charge in [0.2, 0.25) is 0 Å². The van der Waals surface area contributed by atoms with Crippen LogP contribution in [-0.2, 0) is 63.6 Å². The van der Waals surface area contributed by atoms with Crippen molar-refractivity contribution in [2.75, 3.05) is 138 Å². The van der Waals surface area contributed by atoms with E-state index in [1.165, 1.54) is 26.4 Å². The molecule has 2 aromatic carbocycles. The third-order valence-electron chi connectivity index (χ3n) is 10.9. The number of carbonyl (C=O) groups is 1. The predicted octanol–water partition coefficient (Wildman–Crippen LogP) is 4.59. The molecule has 0 radical (unpaired) electrons. The van der Waals surface area contributed by atoms with Crippen molar-refractivity contribution in [2.45, 2.75) is 55.7 Å². The number of benzene rings is 2. The van der Waals surface area contributed by atoms with Crippen molar-refractivity contribution in [3.63, 3.8) is 0 Å². The fraction of sp³-hybridized carbons (Fsp3) is 0.604. The van der Waals surface area contributed by atoms with Gasteiger partial charge in [-0.3, -0.25) is 4.79 Å². The van der Waals surface area contributed by atoms with E-state index in [0.29, 0.717) is 91.3 Å². The Bertz CT molecular complexity index is 1850. The number of rotatable bonds is 43. The quantitative estimate of drug-likeness (QED) is 0.0271. The Balaban J connectivity index is 2.12. The molecule has 3 unspecified atom stereocenters. The van der Waals surface area contributed by atoms with E-state index < -0.39 is 50.5 Å². The summed E-state index contributed by atoms with van der Waals surface area (Å²) >= 11 is 0. The molecule has 0 saturated heterocycles. The van der Waals surface area contributed by atoms with Gasteiger partial charge in [-0.2, -0.15) is 0 Å². The first-order chi connectivity index (χ1) is 34.7. The van der Waals surface area contributed by atoms with Crippen molar-refractivity contribution in [2.24, 2.45) is 0 Å². The largest absolute Gasteiger partial charge is 0.500 e. The topological polar surface area (TPSA) is 235 Å². The number of carbonyl (C=O) groups excluding carboxylic acids is 1. The molecule has 2 aromatic rings. The van der Waals surface area contributed by atoms with Crippen LogP contribution >= 0.6 is 0 Å². The highest BCUT2D eigenvalue weighted by Gasteiger charge is 2.38. The summed E-state index contributed by atoms with van der Waals surface area (Å²) in [7, 11) is 8.77. The van der Waals surface area contributed by atoms with Crippen LogP contribution in [0.15, 0.2) is 60.4 Å². The molecule has 0 fully saturated rings. The van der Waals surface area contributed by atoms with Crippen LogP contribution in [0.4, 0.5) is 0 Å². The van der Waals surface area contributed by atoms with Gasteiger partial charge in [0.1, 0.15) is 43.9 Å². The number of ketones is 1. The highest BCUT2D eigenvalue weighted by molar-refractivity contribution is 6.61. The standard InChI is InChI=1S/C48H80O21Si3/c1-53-47-29-38(17-21-45(47)68-36-42(51)33-65-24-13-27-71(58-6,59-7)60-8)15-19-40(49)31-44(67-35-41(50)32-64-23-12-26-70(55-3,56-4)57-5)20-16-39-18-22-46(48(30-39)54-2)69-37-43(52)34-66-25-14-28-72(61-9,62-10)63-11/h15-22,29-31,41-43,50-52H,12-14,23-28,32-37H2,1-11H3/b19-15+,20-16+,44-31-. The monoisotopic (exact) mass is 1080 g/mol. The molecule has 24 heteroatoms. The van der Waals surface area contributed by atoms with Crippen LogP contribution < -0.4 is 18.9 Å². The van der Waals surface area contributed by atoms with E-state index in [-0.39, 0.29) is 45.4 Å². The van der Waals surface area contributed by atoms with E-state index in [0.717, 1.165) is 0 Å². The van der Waals surface area contributed by atoms with Crippen LogP contribution in [0, 0.1) is 0 Å². The summed E-state index contributed by atoms with van der Waals surface area (Å²) in [6.07, 6.45) is 6.55. The molecule has 0 amide bonds. The number of ether oxygens (including phenoxy) is 8. The molecule has 0 heterocycles. The minimum atomic E-state index is -2.76. The third kappa shape index (κ3) is 23.7. The average molecular weight is 1080 g/mol. The maximum Gasteiger partial charge on any atom is 0.500 e. The zero-order valence-corrected chi connectivity index (χ0v) is 46.9. The molecule has 0 aliphatic heterocycles. The Morgan fingerprint density at radius 1 is 0.472 bits per heavy atom. The zero-order valence-electron chi connectivity index (χ0n) is 43.9. The molecule has 0 aromatic heterocycles. The minimum Gasteiger partial charge on any atom is -0.493 e. The molecule has 0 spiro atoms. The Morgan fingerprint density at radius 3 is 1.17 bits per heavy atom. The van der Waals surface area contributed by atoms with Gasteiger partial charge in [-0.25, -0.2) is 0 Å². The lowest BCUT2D eigenvalue weighted by Gasteiger charge is -2.24. The fourth-order valence-corrected chi connectivity index (χ4v) is 11.8. The van der Waals surface area contributed by atoms with E-state index in [9.17, 15) is 20.1 Å². The smallest absolute Gasteiger partial charge is 0.493 e. The molecule has 3 N–H and O–H groups in total. The van der Waals surface area contributed by atoms with Gasteiger partial charge < -0.3 is 93.0 Å². The molecule has 0 saturated carbocycles. The van der Waals surface area contributed by atoms with Gasteiger partial charge >= 0.3 is 26.4 Å². The zero-order chi connectivity index (χ0) is 53.3. The second-order valence-electron chi connectivity index (χ2n) is 15.8. The maximum atomic E-state index is 13.4. The summed E-state index contributed by atoms with van der Waals surface area (Å²) in [6, 6.07) is 12.0. The molecule has 0 bridgehead atoms. The van der Waals surface area contributed by atoms with Crippen LogP contribution in [-0.4, -0.2) is 203 Å². The SMILES string of the molecule is COc1cc(/C=C/C(=O)/C=C(/C=C/c2ccc(OCC(O)COCCC[Si](OC)(OC)OC)c(OC)c2)OCC(O)COCCC[Si](OC)(OC)OC)ccc1OCC(O)COCCC[Si](OC)(OC)OC. The van der Waals surface area contributed by atoms with E-state index in [2.05, 4.69) is 0 Å². The van der Waals surface area contributed by atoms with Crippen LogP contribution in [0.5, 0.6) is 23.0 Å². The number of aliphatic hydroxyl groups is 3. The second-order valence-corrected chi connectivity index (χ2v) is 25.0. The van der Waals surface area contributed by atoms with Crippen molar-refractivity contribution >= 4 is 44.3 Å². The summed E-state index contributed by atoms with van der Waals surface area (Å²) in [5.41, 5.74) is 1.30. The van der Waals surface area contributed by atoms with Gasteiger partial charge in [0.15, 0.2) is 28.8 Å². The molecular weight excluding hydrogens is 997 g/mol. The minimum absolute atomic E-state index is 0.0269. The molecule has 3 atom stereocenters. The number of methoxy groups -OCH3 is 2. The van der Waals surface area contributed by atoms with Crippen molar-refractivity contribution < 1.29 is 97.8 Å². The summed E-state index contributed by atoms with van der Waals surface area (Å²) in [5.74, 6) is 1.31. The molecule has 0 aliphatic carbocycles. The van der Waals surface area contributed by atoms with Crippen molar-refractivity contribution in [1.82, 2.24) is 0 Å². The van der Waals surface area contributed by atoms with Gasteiger partial charge in [-0.05, 0) is 66.8 Å².